The monoisotopic (exact) mass is 291 g/mol. The van der Waals surface area contributed by atoms with Crippen LogP contribution in [0.2, 0.25) is 0 Å². The maximum atomic E-state index is 6.62. The quantitative estimate of drug-likeness (QED) is 0.923. The second-order valence-corrected chi connectivity index (χ2v) is 7.58. The zero-order chi connectivity index (χ0) is 13.7. The minimum Gasteiger partial charge on any atom is -0.319 e. The molecular weight excluding hydrogens is 270 g/mol. The van der Waals surface area contributed by atoms with Gasteiger partial charge in [0.25, 0.3) is 0 Å². The van der Waals surface area contributed by atoms with Crippen LogP contribution in [-0.4, -0.2) is 19.8 Å². The third-order valence-electron chi connectivity index (χ3n) is 5.08. The summed E-state index contributed by atoms with van der Waals surface area (Å²) in [6.07, 6.45) is 8.22. The summed E-state index contributed by atoms with van der Waals surface area (Å²) >= 11 is 1.63. The van der Waals surface area contributed by atoms with Gasteiger partial charge in [0.05, 0.1) is 5.54 Å². The molecule has 20 heavy (non-hydrogen) atoms. The summed E-state index contributed by atoms with van der Waals surface area (Å²) in [7, 11) is 0. The second-order valence-electron chi connectivity index (χ2n) is 6.63. The summed E-state index contributed by atoms with van der Waals surface area (Å²) in [6.45, 7) is 2.31. The topological polar surface area (TPSA) is 69.1 Å². The van der Waals surface area contributed by atoms with E-state index in [4.69, 9.17) is 10.8 Å². The molecule has 0 radical (unpaired) electrons. The van der Waals surface area contributed by atoms with E-state index in [9.17, 15) is 0 Å². The van der Waals surface area contributed by atoms with Crippen LogP contribution in [-0.2, 0) is 5.54 Å². The van der Waals surface area contributed by atoms with Crippen molar-refractivity contribution in [3.05, 3.63) is 10.8 Å². The van der Waals surface area contributed by atoms with Crippen LogP contribution in [0.1, 0.15) is 68.6 Å². The van der Waals surface area contributed by atoms with Crippen LogP contribution < -0.4 is 5.73 Å². The fourth-order valence-electron chi connectivity index (χ4n) is 3.25. The average molecular weight is 291 g/mol. The molecule has 0 aromatic carbocycles. The maximum Gasteiger partial charge on any atom is 0.234 e. The first kappa shape index (κ1) is 12.7. The molecule has 0 unspecified atom stereocenters. The van der Waals surface area contributed by atoms with E-state index in [0.717, 1.165) is 34.6 Å². The number of rotatable bonds is 2. The highest BCUT2D eigenvalue weighted by atomic mass is 32.1. The average Bonchev–Trinajstić information content (AvgIpc) is 2.94. The van der Waals surface area contributed by atoms with Gasteiger partial charge in [0, 0.05) is 5.92 Å². The molecule has 108 valence electrons. The predicted octanol–water partition coefficient (Wildman–Crippen LogP) is 2.82. The molecule has 0 spiro atoms. The molecule has 2 aromatic rings. The molecule has 2 N–H and O–H groups in total. The van der Waals surface area contributed by atoms with Crippen LogP contribution in [0.15, 0.2) is 0 Å². The number of hydrogen-bond donors (Lipinski definition) is 1. The number of fused-ring (bicyclic) bond motifs is 1. The van der Waals surface area contributed by atoms with Gasteiger partial charge in [0.2, 0.25) is 4.96 Å². The minimum atomic E-state index is -0.241. The standard InChI is InChI=1S/C14H21N5S/c1-9-5-7-14(15,8-6-9)12-18-19-11(10-3-2-4-10)16-17-13(19)20-12/h9-10H,2-8,15H2,1H3. The molecule has 2 aliphatic carbocycles. The molecular formula is C14H21N5S. The van der Waals surface area contributed by atoms with E-state index in [1.54, 1.807) is 11.3 Å². The SMILES string of the molecule is CC1CCC(N)(c2nn3c(C4CCC4)nnc3s2)CC1. The summed E-state index contributed by atoms with van der Waals surface area (Å²) in [5, 5.41) is 14.4. The first-order chi connectivity index (χ1) is 9.66. The van der Waals surface area contributed by atoms with E-state index in [2.05, 4.69) is 17.1 Å². The van der Waals surface area contributed by atoms with Crippen molar-refractivity contribution in [3.8, 4) is 0 Å². The molecule has 6 heteroatoms. The van der Waals surface area contributed by atoms with E-state index in [-0.39, 0.29) is 5.54 Å². The van der Waals surface area contributed by atoms with Crippen LogP contribution in [0.5, 0.6) is 0 Å². The highest BCUT2D eigenvalue weighted by Crippen LogP contribution is 2.40. The molecule has 2 aliphatic rings. The molecule has 0 aliphatic heterocycles. The van der Waals surface area contributed by atoms with Crippen molar-refractivity contribution in [1.82, 2.24) is 19.8 Å². The predicted molar refractivity (Wildman–Crippen MR) is 78.7 cm³/mol. The lowest BCUT2D eigenvalue weighted by Gasteiger charge is -2.33. The Morgan fingerprint density at radius 2 is 1.95 bits per heavy atom. The van der Waals surface area contributed by atoms with Crippen LogP contribution in [0.3, 0.4) is 0 Å². The third kappa shape index (κ3) is 1.89. The Kier molecular flexibility index (Phi) is 2.86. The van der Waals surface area contributed by atoms with Crippen LogP contribution in [0.4, 0.5) is 0 Å². The summed E-state index contributed by atoms with van der Waals surface area (Å²) in [6, 6.07) is 0. The fourth-order valence-corrected chi connectivity index (χ4v) is 4.25. The highest BCUT2D eigenvalue weighted by Gasteiger charge is 2.36. The molecule has 4 rings (SSSR count). The van der Waals surface area contributed by atoms with Gasteiger partial charge in [0.1, 0.15) is 5.01 Å². The van der Waals surface area contributed by atoms with E-state index in [1.165, 1.54) is 32.1 Å². The smallest absolute Gasteiger partial charge is 0.234 e. The van der Waals surface area contributed by atoms with E-state index in [0.29, 0.717) is 5.92 Å². The van der Waals surface area contributed by atoms with Gasteiger partial charge in [-0.3, -0.25) is 0 Å². The Morgan fingerprint density at radius 1 is 1.20 bits per heavy atom. The van der Waals surface area contributed by atoms with Gasteiger partial charge in [-0.05, 0) is 44.4 Å². The van der Waals surface area contributed by atoms with Gasteiger partial charge in [0.15, 0.2) is 5.82 Å². The molecule has 5 nitrogen and oxygen atoms in total. The van der Waals surface area contributed by atoms with Crippen molar-refractivity contribution in [2.75, 3.05) is 0 Å². The Morgan fingerprint density at radius 3 is 2.60 bits per heavy atom. The minimum absolute atomic E-state index is 0.241. The van der Waals surface area contributed by atoms with Gasteiger partial charge in [-0.15, -0.1) is 10.2 Å². The van der Waals surface area contributed by atoms with Gasteiger partial charge < -0.3 is 5.73 Å². The number of hydrogen-bond acceptors (Lipinski definition) is 5. The Hall–Kier alpha value is -1.01. The Balaban J connectivity index is 1.68. The normalized spacial score (nSPS) is 31.6. The zero-order valence-electron chi connectivity index (χ0n) is 11.9. The fraction of sp³-hybridized carbons (Fsp3) is 0.786. The zero-order valence-corrected chi connectivity index (χ0v) is 12.7. The molecule has 0 saturated heterocycles. The van der Waals surface area contributed by atoms with Crippen molar-refractivity contribution in [2.45, 2.75) is 63.3 Å². The summed E-state index contributed by atoms with van der Waals surface area (Å²) in [5.41, 5.74) is 6.38. The van der Waals surface area contributed by atoms with Gasteiger partial charge in [-0.1, -0.05) is 24.7 Å². The lowest BCUT2D eigenvalue weighted by atomic mass is 9.78. The van der Waals surface area contributed by atoms with Crippen LogP contribution in [0, 0.1) is 5.92 Å². The van der Waals surface area contributed by atoms with Crippen molar-refractivity contribution in [3.63, 3.8) is 0 Å². The van der Waals surface area contributed by atoms with Gasteiger partial charge in [-0.2, -0.15) is 9.61 Å². The Bertz CT molecular complexity index is 619. The highest BCUT2D eigenvalue weighted by molar-refractivity contribution is 7.16. The molecule has 2 heterocycles. The van der Waals surface area contributed by atoms with Crippen LogP contribution >= 0.6 is 11.3 Å². The summed E-state index contributed by atoms with van der Waals surface area (Å²) in [5.74, 6) is 2.39. The number of aromatic nitrogens is 4. The summed E-state index contributed by atoms with van der Waals surface area (Å²) in [4.78, 5) is 0.908. The first-order valence-corrected chi connectivity index (χ1v) is 8.49. The third-order valence-corrected chi connectivity index (χ3v) is 6.20. The molecule has 0 amide bonds. The number of nitrogens with zero attached hydrogens (tertiary/aromatic N) is 4. The Labute approximate surface area is 122 Å². The number of nitrogens with two attached hydrogens (primary N) is 1. The molecule has 2 fully saturated rings. The second kappa shape index (κ2) is 4.49. The van der Waals surface area contributed by atoms with E-state index < -0.39 is 0 Å². The van der Waals surface area contributed by atoms with Gasteiger partial charge >= 0.3 is 0 Å². The van der Waals surface area contributed by atoms with Crippen LogP contribution in [0.25, 0.3) is 4.96 Å². The van der Waals surface area contributed by atoms with E-state index >= 15 is 0 Å². The maximum absolute atomic E-state index is 6.62. The molecule has 2 aromatic heterocycles. The van der Waals surface area contributed by atoms with Crippen molar-refractivity contribution in [2.24, 2.45) is 11.7 Å². The molecule has 2 saturated carbocycles. The van der Waals surface area contributed by atoms with E-state index in [1.807, 2.05) is 4.52 Å². The van der Waals surface area contributed by atoms with Crippen molar-refractivity contribution < 1.29 is 0 Å². The van der Waals surface area contributed by atoms with Crippen molar-refractivity contribution >= 4 is 16.3 Å². The first-order valence-electron chi connectivity index (χ1n) is 7.67. The van der Waals surface area contributed by atoms with Crippen molar-refractivity contribution in [1.29, 1.82) is 0 Å². The summed E-state index contributed by atoms with van der Waals surface area (Å²) < 4.78 is 1.95. The lowest BCUT2D eigenvalue weighted by Crippen LogP contribution is -2.40. The van der Waals surface area contributed by atoms with Gasteiger partial charge in [-0.25, -0.2) is 0 Å². The lowest BCUT2D eigenvalue weighted by molar-refractivity contribution is 0.245. The molecule has 0 atom stereocenters. The molecule has 0 bridgehead atoms. The largest absolute Gasteiger partial charge is 0.319 e.